The Bertz CT molecular complexity index is 472. The summed E-state index contributed by atoms with van der Waals surface area (Å²) in [7, 11) is 0. The molecule has 2 N–H and O–H groups in total. The minimum atomic E-state index is -0.918. The van der Waals surface area contributed by atoms with Crippen LogP contribution in [0.4, 0.5) is 0 Å². The highest BCUT2D eigenvalue weighted by Gasteiger charge is 2.45. The Kier molecular flexibility index (Phi) is 3.95. The average Bonchev–Trinajstić information content (AvgIpc) is 2.42. The van der Waals surface area contributed by atoms with E-state index in [0.29, 0.717) is 12.3 Å². The second-order valence-corrected chi connectivity index (χ2v) is 5.69. The van der Waals surface area contributed by atoms with Crippen LogP contribution in [0.5, 0.6) is 0 Å². The molecule has 0 aliphatic heterocycles. The summed E-state index contributed by atoms with van der Waals surface area (Å²) in [4.78, 5) is 11.9. The molecule has 0 saturated carbocycles. The fourth-order valence-corrected chi connectivity index (χ4v) is 3.00. The summed E-state index contributed by atoms with van der Waals surface area (Å²) >= 11 is 0. The summed E-state index contributed by atoms with van der Waals surface area (Å²) in [5.41, 5.74) is 1.20. The first kappa shape index (κ1) is 14.1. The zero-order chi connectivity index (χ0) is 14.0. The van der Waals surface area contributed by atoms with Gasteiger partial charge in [0.2, 0.25) is 0 Å². The van der Waals surface area contributed by atoms with E-state index in [0.717, 1.165) is 18.4 Å². The van der Waals surface area contributed by atoms with Crippen molar-refractivity contribution in [2.24, 2.45) is 0 Å². The maximum atomic E-state index is 11.9. The van der Waals surface area contributed by atoms with Crippen LogP contribution in [0.1, 0.15) is 57.1 Å². The van der Waals surface area contributed by atoms with Gasteiger partial charge in [-0.2, -0.15) is 0 Å². The van der Waals surface area contributed by atoms with E-state index in [1.807, 2.05) is 25.1 Å². The lowest BCUT2D eigenvalue weighted by atomic mass is 9.72. The molecule has 0 spiro atoms. The molecule has 1 aliphatic carbocycles. The van der Waals surface area contributed by atoms with Crippen molar-refractivity contribution in [1.82, 2.24) is 5.32 Å². The average molecular weight is 261 g/mol. The third-order valence-electron chi connectivity index (χ3n) is 4.37. The number of aliphatic carboxylic acids is 1. The highest BCUT2D eigenvalue weighted by molar-refractivity contribution is 5.82. The number of nitrogens with one attached hydrogen (secondary N) is 1. The van der Waals surface area contributed by atoms with Gasteiger partial charge in [0.1, 0.15) is 5.54 Å². The first-order valence-corrected chi connectivity index (χ1v) is 7.11. The molecule has 0 amide bonds. The maximum absolute atomic E-state index is 11.9. The number of hydrogen-bond donors (Lipinski definition) is 2. The van der Waals surface area contributed by atoms with Crippen LogP contribution in [0.15, 0.2) is 24.3 Å². The number of carboxylic acid groups (broad SMARTS) is 1. The number of benzene rings is 1. The van der Waals surface area contributed by atoms with Gasteiger partial charge in [0.15, 0.2) is 0 Å². The zero-order valence-corrected chi connectivity index (χ0v) is 11.9. The summed E-state index contributed by atoms with van der Waals surface area (Å²) in [5, 5.41) is 13.2. The van der Waals surface area contributed by atoms with Crippen molar-refractivity contribution in [3.8, 4) is 0 Å². The van der Waals surface area contributed by atoms with Gasteiger partial charge in [-0.05, 0) is 43.2 Å². The SMILES string of the molecule is CCC(C)NC1(C(=O)O)CCC(C)c2ccccc21. The van der Waals surface area contributed by atoms with Crippen LogP contribution >= 0.6 is 0 Å². The summed E-state index contributed by atoms with van der Waals surface area (Å²) in [6.07, 6.45) is 2.49. The monoisotopic (exact) mass is 261 g/mol. The first-order valence-electron chi connectivity index (χ1n) is 7.11. The third-order valence-corrected chi connectivity index (χ3v) is 4.37. The molecule has 3 unspecified atom stereocenters. The van der Waals surface area contributed by atoms with E-state index in [-0.39, 0.29) is 6.04 Å². The summed E-state index contributed by atoms with van der Waals surface area (Å²) < 4.78 is 0. The molecule has 1 aromatic carbocycles. The van der Waals surface area contributed by atoms with E-state index in [9.17, 15) is 9.90 Å². The molecular formula is C16H23NO2. The van der Waals surface area contributed by atoms with Crippen LogP contribution in [0.25, 0.3) is 0 Å². The molecule has 0 heterocycles. The second-order valence-electron chi connectivity index (χ2n) is 5.69. The normalized spacial score (nSPS) is 27.6. The number of hydrogen-bond acceptors (Lipinski definition) is 2. The number of rotatable bonds is 4. The Balaban J connectivity index is 2.51. The van der Waals surface area contributed by atoms with E-state index >= 15 is 0 Å². The van der Waals surface area contributed by atoms with Gasteiger partial charge in [0.05, 0.1) is 0 Å². The van der Waals surface area contributed by atoms with Gasteiger partial charge in [-0.15, -0.1) is 0 Å². The van der Waals surface area contributed by atoms with Gasteiger partial charge in [0, 0.05) is 6.04 Å². The summed E-state index contributed by atoms with van der Waals surface area (Å²) in [5.74, 6) is -0.324. The molecule has 2 rings (SSSR count). The number of carboxylic acids is 1. The summed E-state index contributed by atoms with van der Waals surface area (Å²) in [6.45, 7) is 6.30. The van der Waals surface area contributed by atoms with Crippen molar-refractivity contribution in [2.45, 2.75) is 57.5 Å². The van der Waals surface area contributed by atoms with Crippen LogP contribution in [0.2, 0.25) is 0 Å². The molecule has 3 nitrogen and oxygen atoms in total. The van der Waals surface area contributed by atoms with Crippen molar-refractivity contribution < 1.29 is 9.90 Å². The lowest BCUT2D eigenvalue weighted by molar-refractivity contribution is -0.146. The summed E-state index contributed by atoms with van der Waals surface area (Å²) in [6, 6.07) is 8.16. The van der Waals surface area contributed by atoms with E-state index in [4.69, 9.17) is 0 Å². The second kappa shape index (κ2) is 5.33. The minimum absolute atomic E-state index is 0.192. The first-order chi connectivity index (χ1) is 9.01. The molecule has 19 heavy (non-hydrogen) atoms. The Labute approximate surface area is 115 Å². The molecule has 104 valence electrons. The topological polar surface area (TPSA) is 49.3 Å². The van der Waals surface area contributed by atoms with E-state index in [1.54, 1.807) is 0 Å². The van der Waals surface area contributed by atoms with Crippen LogP contribution in [0.3, 0.4) is 0 Å². The lowest BCUT2D eigenvalue weighted by Gasteiger charge is -2.40. The largest absolute Gasteiger partial charge is 0.480 e. The van der Waals surface area contributed by atoms with Crippen molar-refractivity contribution in [3.05, 3.63) is 35.4 Å². The Hall–Kier alpha value is -1.35. The Morgan fingerprint density at radius 3 is 2.84 bits per heavy atom. The standard InChI is InChI=1S/C16H23NO2/c1-4-12(3)17-16(15(18)19)10-9-11(2)13-7-5-6-8-14(13)16/h5-8,11-12,17H,4,9-10H2,1-3H3,(H,18,19). The van der Waals surface area contributed by atoms with E-state index in [2.05, 4.69) is 25.2 Å². The predicted octanol–water partition coefficient (Wildman–Crippen LogP) is 3.25. The molecule has 0 radical (unpaired) electrons. The van der Waals surface area contributed by atoms with Gasteiger partial charge >= 0.3 is 5.97 Å². The lowest BCUT2D eigenvalue weighted by Crippen LogP contribution is -2.54. The van der Waals surface area contributed by atoms with Gasteiger partial charge < -0.3 is 5.11 Å². The van der Waals surface area contributed by atoms with Crippen LogP contribution in [-0.2, 0) is 10.3 Å². The molecule has 0 aromatic heterocycles. The van der Waals surface area contributed by atoms with Crippen LogP contribution in [-0.4, -0.2) is 17.1 Å². The fourth-order valence-electron chi connectivity index (χ4n) is 3.00. The molecule has 0 bridgehead atoms. The molecule has 1 aromatic rings. The van der Waals surface area contributed by atoms with Gasteiger partial charge in [-0.25, -0.2) is 4.79 Å². The molecule has 3 atom stereocenters. The smallest absolute Gasteiger partial charge is 0.328 e. The minimum Gasteiger partial charge on any atom is -0.480 e. The Morgan fingerprint density at radius 1 is 1.53 bits per heavy atom. The molecule has 0 saturated heterocycles. The van der Waals surface area contributed by atoms with Gasteiger partial charge in [-0.1, -0.05) is 38.1 Å². The number of fused-ring (bicyclic) bond motifs is 1. The molecule has 0 fully saturated rings. The fraction of sp³-hybridized carbons (Fsp3) is 0.562. The third kappa shape index (κ3) is 2.39. The Morgan fingerprint density at radius 2 is 2.21 bits per heavy atom. The zero-order valence-electron chi connectivity index (χ0n) is 11.9. The highest BCUT2D eigenvalue weighted by atomic mass is 16.4. The van der Waals surface area contributed by atoms with Crippen molar-refractivity contribution in [1.29, 1.82) is 0 Å². The van der Waals surface area contributed by atoms with Gasteiger partial charge in [0.25, 0.3) is 0 Å². The highest BCUT2D eigenvalue weighted by Crippen LogP contribution is 2.41. The van der Waals surface area contributed by atoms with E-state index < -0.39 is 11.5 Å². The van der Waals surface area contributed by atoms with Crippen molar-refractivity contribution in [2.75, 3.05) is 0 Å². The van der Waals surface area contributed by atoms with E-state index in [1.165, 1.54) is 5.56 Å². The van der Waals surface area contributed by atoms with Crippen molar-refractivity contribution >= 4 is 5.97 Å². The van der Waals surface area contributed by atoms with Crippen molar-refractivity contribution in [3.63, 3.8) is 0 Å². The van der Waals surface area contributed by atoms with Crippen LogP contribution < -0.4 is 5.32 Å². The van der Waals surface area contributed by atoms with Crippen LogP contribution in [0, 0.1) is 0 Å². The quantitative estimate of drug-likeness (QED) is 0.874. The molecular weight excluding hydrogens is 238 g/mol. The molecule has 1 aliphatic rings. The molecule has 3 heteroatoms. The van der Waals surface area contributed by atoms with Gasteiger partial charge in [-0.3, -0.25) is 5.32 Å². The predicted molar refractivity (Wildman–Crippen MR) is 76.3 cm³/mol. The maximum Gasteiger partial charge on any atom is 0.328 e. The number of carbonyl (C=O) groups is 1.